The van der Waals surface area contributed by atoms with Gasteiger partial charge in [-0.3, -0.25) is 4.99 Å². The molecule has 1 heteroatoms. The standard InChI is InChI=1S/C7H13N/c1-6(2)5-7(3)8-4/h1,5H2,2-4H3. The van der Waals surface area contributed by atoms with Crippen LogP contribution in [-0.4, -0.2) is 12.8 Å². The highest BCUT2D eigenvalue weighted by Crippen LogP contribution is 1.96. The zero-order valence-corrected chi connectivity index (χ0v) is 5.86. The van der Waals surface area contributed by atoms with Gasteiger partial charge >= 0.3 is 0 Å². The van der Waals surface area contributed by atoms with Gasteiger partial charge in [0.25, 0.3) is 0 Å². The second-order valence-electron chi connectivity index (χ2n) is 2.09. The van der Waals surface area contributed by atoms with E-state index in [1.54, 1.807) is 7.05 Å². The van der Waals surface area contributed by atoms with Crippen LogP contribution < -0.4 is 0 Å². The Bertz CT molecular complexity index is 112. The SMILES string of the molecule is C=C(C)CC(C)=NC. The van der Waals surface area contributed by atoms with Crippen molar-refractivity contribution in [2.24, 2.45) is 4.99 Å². The van der Waals surface area contributed by atoms with Gasteiger partial charge in [0.15, 0.2) is 0 Å². The van der Waals surface area contributed by atoms with E-state index >= 15 is 0 Å². The molecule has 46 valence electrons. The lowest BCUT2D eigenvalue weighted by atomic mass is 10.2. The Morgan fingerprint density at radius 1 is 1.50 bits per heavy atom. The fourth-order valence-corrected chi connectivity index (χ4v) is 0.516. The quantitative estimate of drug-likeness (QED) is 0.382. The van der Waals surface area contributed by atoms with E-state index < -0.39 is 0 Å². The molecule has 0 spiro atoms. The van der Waals surface area contributed by atoms with Crippen molar-refractivity contribution in [1.82, 2.24) is 0 Å². The monoisotopic (exact) mass is 111 g/mol. The fourth-order valence-electron chi connectivity index (χ4n) is 0.516. The smallest absolute Gasteiger partial charge is 0.0276 e. The van der Waals surface area contributed by atoms with E-state index in [9.17, 15) is 0 Å². The van der Waals surface area contributed by atoms with E-state index in [0.29, 0.717) is 0 Å². The van der Waals surface area contributed by atoms with E-state index in [0.717, 1.165) is 12.1 Å². The molecule has 0 saturated carbocycles. The van der Waals surface area contributed by atoms with Crippen LogP contribution in [0.15, 0.2) is 17.1 Å². The van der Waals surface area contributed by atoms with Crippen molar-refractivity contribution in [2.45, 2.75) is 20.3 Å². The summed E-state index contributed by atoms with van der Waals surface area (Å²) >= 11 is 0. The summed E-state index contributed by atoms with van der Waals surface area (Å²) in [6.45, 7) is 7.78. The van der Waals surface area contributed by atoms with Gasteiger partial charge in [-0.2, -0.15) is 0 Å². The molecule has 0 atom stereocenters. The van der Waals surface area contributed by atoms with Gasteiger partial charge in [0.2, 0.25) is 0 Å². The summed E-state index contributed by atoms with van der Waals surface area (Å²) < 4.78 is 0. The maximum atomic E-state index is 3.98. The van der Waals surface area contributed by atoms with Crippen LogP contribution >= 0.6 is 0 Å². The van der Waals surface area contributed by atoms with E-state index in [1.807, 2.05) is 13.8 Å². The Morgan fingerprint density at radius 2 is 2.00 bits per heavy atom. The Labute approximate surface area is 51.1 Å². The van der Waals surface area contributed by atoms with Crippen LogP contribution in [0.2, 0.25) is 0 Å². The average molecular weight is 111 g/mol. The molecule has 1 nitrogen and oxygen atoms in total. The molecule has 0 rings (SSSR count). The van der Waals surface area contributed by atoms with E-state index in [-0.39, 0.29) is 0 Å². The van der Waals surface area contributed by atoms with Gasteiger partial charge in [-0.05, 0) is 13.8 Å². The first-order valence-corrected chi connectivity index (χ1v) is 2.73. The molecular formula is C7H13N. The maximum absolute atomic E-state index is 3.98. The lowest BCUT2D eigenvalue weighted by molar-refractivity contribution is 1.23. The van der Waals surface area contributed by atoms with Crippen molar-refractivity contribution in [1.29, 1.82) is 0 Å². The Hall–Kier alpha value is -0.590. The van der Waals surface area contributed by atoms with Crippen LogP contribution in [-0.2, 0) is 0 Å². The highest BCUT2D eigenvalue weighted by molar-refractivity contribution is 5.83. The first-order chi connectivity index (χ1) is 3.66. The van der Waals surface area contributed by atoms with Crippen LogP contribution in [0.25, 0.3) is 0 Å². The van der Waals surface area contributed by atoms with Crippen molar-refractivity contribution in [3.8, 4) is 0 Å². The summed E-state index contributed by atoms with van der Waals surface area (Å²) in [5.74, 6) is 0. The minimum atomic E-state index is 0.941. The minimum Gasteiger partial charge on any atom is -0.297 e. The minimum absolute atomic E-state index is 0.941. The molecule has 0 radical (unpaired) electrons. The summed E-state index contributed by atoms with van der Waals surface area (Å²) in [6.07, 6.45) is 0.941. The number of rotatable bonds is 2. The van der Waals surface area contributed by atoms with Gasteiger partial charge in [-0.25, -0.2) is 0 Å². The third kappa shape index (κ3) is 3.59. The fraction of sp³-hybridized carbons (Fsp3) is 0.571. The molecule has 0 saturated heterocycles. The third-order valence-corrected chi connectivity index (χ3v) is 0.939. The van der Waals surface area contributed by atoms with Crippen LogP contribution in [0.4, 0.5) is 0 Å². The van der Waals surface area contributed by atoms with E-state index in [4.69, 9.17) is 0 Å². The predicted octanol–water partition coefficient (Wildman–Crippen LogP) is 2.04. The van der Waals surface area contributed by atoms with Crippen molar-refractivity contribution < 1.29 is 0 Å². The number of hydrogen-bond acceptors (Lipinski definition) is 1. The molecule has 0 aliphatic heterocycles. The Balaban J connectivity index is 3.56. The number of allylic oxidation sites excluding steroid dienone is 1. The molecule has 0 unspecified atom stereocenters. The second kappa shape index (κ2) is 3.42. The molecule has 0 aromatic heterocycles. The first kappa shape index (κ1) is 7.41. The molecule has 0 aromatic carbocycles. The molecule has 0 fully saturated rings. The van der Waals surface area contributed by atoms with E-state index in [1.165, 1.54) is 5.57 Å². The summed E-state index contributed by atoms with van der Waals surface area (Å²) in [6, 6.07) is 0. The van der Waals surface area contributed by atoms with Crippen LogP contribution in [0.5, 0.6) is 0 Å². The summed E-state index contributed by atoms with van der Waals surface area (Å²) in [4.78, 5) is 3.98. The molecular weight excluding hydrogens is 98.1 g/mol. The molecule has 0 bridgehead atoms. The number of nitrogens with zero attached hydrogens (tertiary/aromatic N) is 1. The largest absolute Gasteiger partial charge is 0.297 e. The molecule has 0 heterocycles. The molecule has 0 aliphatic rings. The van der Waals surface area contributed by atoms with Crippen molar-refractivity contribution in [3.63, 3.8) is 0 Å². The number of hydrogen-bond donors (Lipinski definition) is 0. The van der Waals surface area contributed by atoms with Gasteiger partial charge in [0, 0.05) is 19.2 Å². The molecule has 0 aromatic rings. The van der Waals surface area contributed by atoms with Crippen LogP contribution in [0.1, 0.15) is 20.3 Å². The predicted molar refractivity (Wildman–Crippen MR) is 38.5 cm³/mol. The van der Waals surface area contributed by atoms with Gasteiger partial charge in [0.05, 0.1) is 0 Å². The maximum Gasteiger partial charge on any atom is 0.0276 e. The highest BCUT2D eigenvalue weighted by atomic mass is 14.7. The van der Waals surface area contributed by atoms with Crippen molar-refractivity contribution in [2.75, 3.05) is 7.05 Å². The molecule has 0 N–H and O–H groups in total. The normalized spacial score (nSPS) is 11.6. The lowest BCUT2D eigenvalue weighted by Crippen LogP contribution is -1.89. The molecule has 0 aliphatic carbocycles. The zero-order valence-electron chi connectivity index (χ0n) is 5.86. The summed E-state index contributed by atoms with van der Waals surface area (Å²) in [5, 5.41) is 0. The van der Waals surface area contributed by atoms with Crippen LogP contribution in [0.3, 0.4) is 0 Å². The average Bonchev–Trinajstić information content (AvgIpc) is 1.65. The Kier molecular flexibility index (Phi) is 3.16. The topological polar surface area (TPSA) is 12.4 Å². The van der Waals surface area contributed by atoms with Gasteiger partial charge in [-0.15, -0.1) is 0 Å². The highest BCUT2D eigenvalue weighted by Gasteiger charge is 1.86. The number of aliphatic imine (C=N–C) groups is 1. The zero-order chi connectivity index (χ0) is 6.57. The van der Waals surface area contributed by atoms with Crippen molar-refractivity contribution >= 4 is 5.71 Å². The molecule has 8 heavy (non-hydrogen) atoms. The van der Waals surface area contributed by atoms with E-state index in [2.05, 4.69) is 11.6 Å². The van der Waals surface area contributed by atoms with Gasteiger partial charge in [0.1, 0.15) is 0 Å². The molecule has 0 amide bonds. The van der Waals surface area contributed by atoms with Crippen LogP contribution in [0, 0.1) is 0 Å². The second-order valence-corrected chi connectivity index (χ2v) is 2.09. The lowest BCUT2D eigenvalue weighted by Gasteiger charge is -1.94. The Morgan fingerprint density at radius 3 is 2.12 bits per heavy atom. The third-order valence-electron chi connectivity index (χ3n) is 0.939. The summed E-state index contributed by atoms with van der Waals surface area (Å²) in [5.41, 5.74) is 2.32. The van der Waals surface area contributed by atoms with Gasteiger partial charge < -0.3 is 0 Å². The first-order valence-electron chi connectivity index (χ1n) is 2.73. The van der Waals surface area contributed by atoms with Gasteiger partial charge in [-0.1, -0.05) is 12.2 Å². The van der Waals surface area contributed by atoms with Crippen molar-refractivity contribution in [3.05, 3.63) is 12.2 Å². The summed E-state index contributed by atoms with van der Waals surface area (Å²) in [7, 11) is 1.80.